The zero-order valence-corrected chi connectivity index (χ0v) is 17.7. The Morgan fingerprint density at radius 1 is 0.875 bits per heavy atom. The van der Waals surface area contributed by atoms with Crippen LogP contribution in [0.1, 0.15) is 5.56 Å². The first-order valence-corrected chi connectivity index (χ1v) is 10.2. The third-order valence-corrected chi connectivity index (χ3v) is 5.17. The van der Waals surface area contributed by atoms with Gasteiger partial charge in [-0.05, 0) is 48.9 Å². The van der Waals surface area contributed by atoms with Crippen molar-refractivity contribution in [2.24, 2.45) is 0 Å². The van der Waals surface area contributed by atoms with Crippen molar-refractivity contribution in [1.82, 2.24) is 15.1 Å². The topological polar surface area (TPSA) is 85.1 Å². The number of fused-ring (bicyclic) bond motifs is 1. The van der Waals surface area contributed by atoms with Crippen LogP contribution in [-0.4, -0.2) is 22.2 Å². The summed E-state index contributed by atoms with van der Waals surface area (Å²) in [6, 6.07) is 21.5. The van der Waals surface area contributed by atoms with Crippen molar-refractivity contribution in [3.8, 4) is 17.1 Å². The summed E-state index contributed by atoms with van der Waals surface area (Å²) in [6.07, 6.45) is 3.47. The molecule has 0 unspecified atom stereocenters. The minimum Gasteiger partial charge on any atom is -0.495 e. The summed E-state index contributed by atoms with van der Waals surface area (Å²) in [6.45, 7) is 2.03. The molecule has 0 aliphatic heterocycles. The predicted octanol–water partition coefficient (Wildman–Crippen LogP) is 6.09. The molecule has 0 fully saturated rings. The van der Waals surface area contributed by atoms with Crippen LogP contribution in [0.25, 0.3) is 22.4 Å². The van der Waals surface area contributed by atoms with E-state index in [1.807, 2.05) is 67.6 Å². The highest BCUT2D eigenvalue weighted by Crippen LogP contribution is 2.36. The molecule has 5 aromatic rings. The van der Waals surface area contributed by atoms with E-state index in [1.165, 1.54) is 0 Å². The van der Waals surface area contributed by atoms with Gasteiger partial charge < -0.3 is 19.9 Å². The number of nitrogens with one attached hydrogen (secondary N) is 2. The number of aromatic nitrogens is 3. The summed E-state index contributed by atoms with van der Waals surface area (Å²) < 4.78 is 11.2. The lowest BCUT2D eigenvalue weighted by Crippen LogP contribution is -1.96. The van der Waals surface area contributed by atoms with E-state index in [0.717, 1.165) is 39.3 Å². The monoisotopic (exact) mass is 423 g/mol. The van der Waals surface area contributed by atoms with Crippen molar-refractivity contribution in [3.05, 3.63) is 84.7 Å². The summed E-state index contributed by atoms with van der Waals surface area (Å²) in [4.78, 5) is 8.67. The second-order valence-electron chi connectivity index (χ2n) is 7.27. The minimum atomic E-state index is 0.624. The van der Waals surface area contributed by atoms with Crippen LogP contribution in [0.5, 0.6) is 5.75 Å². The fourth-order valence-electron chi connectivity index (χ4n) is 3.55. The molecule has 0 saturated carbocycles. The molecule has 158 valence electrons. The summed E-state index contributed by atoms with van der Waals surface area (Å²) in [5, 5.41) is 11.9. The summed E-state index contributed by atoms with van der Waals surface area (Å²) >= 11 is 0. The van der Waals surface area contributed by atoms with E-state index in [-0.39, 0.29) is 0 Å². The molecule has 2 N–H and O–H groups in total. The Hall–Kier alpha value is -4.39. The predicted molar refractivity (Wildman–Crippen MR) is 126 cm³/mol. The Morgan fingerprint density at radius 3 is 2.56 bits per heavy atom. The maximum absolute atomic E-state index is 5.75. The fourth-order valence-corrected chi connectivity index (χ4v) is 3.55. The smallest absolute Gasteiger partial charge is 0.192 e. The molecule has 32 heavy (non-hydrogen) atoms. The highest BCUT2D eigenvalue weighted by molar-refractivity contribution is 5.99. The van der Waals surface area contributed by atoms with Crippen molar-refractivity contribution >= 4 is 33.8 Å². The van der Waals surface area contributed by atoms with Crippen LogP contribution in [0.4, 0.5) is 22.9 Å². The Morgan fingerprint density at radius 2 is 1.72 bits per heavy atom. The van der Waals surface area contributed by atoms with Gasteiger partial charge in [0, 0.05) is 23.6 Å². The second-order valence-corrected chi connectivity index (χ2v) is 7.27. The maximum Gasteiger partial charge on any atom is 0.192 e. The number of para-hydroxylation sites is 2. The second kappa shape index (κ2) is 8.39. The van der Waals surface area contributed by atoms with Crippen molar-refractivity contribution in [2.45, 2.75) is 6.92 Å². The molecule has 0 atom stereocenters. The largest absolute Gasteiger partial charge is 0.495 e. The molecule has 0 bridgehead atoms. The van der Waals surface area contributed by atoms with Crippen molar-refractivity contribution < 1.29 is 9.26 Å². The molecule has 0 amide bonds. The van der Waals surface area contributed by atoms with Crippen molar-refractivity contribution in [2.75, 3.05) is 17.7 Å². The van der Waals surface area contributed by atoms with Crippen LogP contribution in [0.2, 0.25) is 0 Å². The average molecular weight is 423 g/mol. The summed E-state index contributed by atoms with van der Waals surface area (Å²) in [7, 11) is 1.64. The summed E-state index contributed by atoms with van der Waals surface area (Å²) in [5.74, 6) is 2.03. The third kappa shape index (κ3) is 3.72. The number of hydrogen-bond acceptors (Lipinski definition) is 7. The van der Waals surface area contributed by atoms with Gasteiger partial charge >= 0.3 is 0 Å². The van der Waals surface area contributed by atoms with E-state index in [1.54, 1.807) is 25.6 Å². The number of benzene rings is 3. The van der Waals surface area contributed by atoms with Gasteiger partial charge in [0.1, 0.15) is 5.75 Å². The number of methoxy groups -OCH3 is 1. The number of nitrogens with zero attached hydrogens (tertiary/aromatic N) is 3. The zero-order chi connectivity index (χ0) is 21.9. The fraction of sp³-hybridized carbons (Fsp3) is 0.0800. The van der Waals surface area contributed by atoms with Crippen LogP contribution >= 0.6 is 0 Å². The minimum absolute atomic E-state index is 0.624. The molecule has 5 rings (SSSR count). The Balaban J connectivity index is 1.50. The normalized spacial score (nSPS) is 10.8. The molecule has 7 heteroatoms. The highest BCUT2D eigenvalue weighted by Gasteiger charge is 2.16. The van der Waals surface area contributed by atoms with Gasteiger partial charge in [-0.25, -0.2) is 9.97 Å². The van der Waals surface area contributed by atoms with E-state index >= 15 is 0 Å². The van der Waals surface area contributed by atoms with Crippen LogP contribution < -0.4 is 15.4 Å². The standard InChI is InChI=1S/C25H21N5O2/c1-16-11-12-19-23(32-30-25(19)29-20-9-3-4-10-21(20)31-2)22(16)28-18-8-5-7-17(15-18)24-26-13-6-14-27-24/h3-15,28H,1-2H3,(H,29,30). The van der Waals surface area contributed by atoms with Gasteiger partial charge in [0.25, 0.3) is 0 Å². The van der Waals surface area contributed by atoms with Crippen LogP contribution in [0, 0.1) is 6.92 Å². The maximum atomic E-state index is 5.75. The lowest BCUT2D eigenvalue weighted by atomic mass is 10.1. The van der Waals surface area contributed by atoms with Gasteiger partial charge in [0.05, 0.1) is 23.9 Å². The van der Waals surface area contributed by atoms with E-state index < -0.39 is 0 Å². The van der Waals surface area contributed by atoms with Crippen LogP contribution in [-0.2, 0) is 0 Å². The number of ether oxygens (including phenoxy) is 1. The highest BCUT2D eigenvalue weighted by atomic mass is 16.5. The lowest BCUT2D eigenvalue weighted by molar-refractivity contribution is 0.416. The van der Waals surface area contributed by atoms with Crippen molar-refractivity contribution in [1.29, 1.82) is 0 Å². The summed E-state index contributed by atoms with van der Waals surface area (Å²) in [5.41, 5.74) is 5.21. The van der Waals surface area contributed by atoms with Gasteiger partial charge in [0.2, 0.25) is 0 Å². The Bertz CT molecular complexity index is 1380. The first-order chi connectivity index (χ1) is 15.7. The number of aryl methyl sites for hydroxylation is 1. The van der Waals surface area contributed by atoms with Gasteiger partial charge in [-0.2, -0.15) is 0 Å². The quantitative estimate of drug-likeness (QED) is 0.342. The molecule has 2 aromatic heterocycles. The number of hydrogen-bond donors (Lipinski definition) is 2. The first-order valence-electron chi connectivity index (χ1n) is 10.2. The molecular formula is C25H21N5O2. The average Bonchev–Trinajstić information content (AvgIpc) is 3.25. The van der Waals surface area contributed by atoms with E-state index in [4.69, 9.17) is 9.26 Å². The van der Waals surface area contributed by atoms with E-state index in [0.29, 0.717) is 17.2 Å². The number of anilines is 4. The van der Waals surface area contributed by atoms with Crippen LogP contribution in [0.15, 0.2) is 83.6 Å². The lowest BCUT2D eigenvalue weighted by Gasteiger charge is -2.11. The molecular weight excluding hydrogens is 402 g/mol. The third-order valence-electron chi connectivity index (χ3n) is 5.17. The zero-order valence-electron chi connectivity index (χ0n) is 17.7. The van der Waals surface area contributed by atoms with Gasteiger partial charge in [-0.15, -0.1) is 0 Å². The molecule has 3 aromatic carbocycles. The number of rotatable bonds is 6. The van der Waals surface area contributed by atoms with Gasteiger partial charge in [0.15, 0.2) is 17.2 Å². The molecule has 0 aliphatic carbocycles. The molecule has 7 nitrogen and oxygen atoms in total. The first kappa shape index (κ1) is 19.6. The molecule has 0 spiro atoms. The SMILES string of the molecule is COc1ccccc1Nc1noc2c(Nc3cccc(-c4ncccn4)c3)c(C)ccc12. The Kier molecular flexibility index (Phi) is 5.13. The van der Waals surface area contributed by atoms with Gasteiger partial charge in [-0.3, -0.25) is 0 Å². The molecule has 0 saturated heterocycles. The molecule has 2 heterocycles. The van der Waals surface area contributed by atoms with E-state index in [2.05, 4.69) is 25.8 Å². The van der Waals surface area contributed by atoms with E-state index in [9.17, 15) is 0 Å². The Labute approximate surface area is 185 Å². The van der Waals surface area contributed by atoms with Crippen molar-refractivity contribution in [3.63, 3.8) is 0 Å². The van der Waals surface area contributed by atoms with Gasteiger partial charge in [-0.1, -0.05) is 35.5 Å². The molecule has 0 aliphatic rings. The molecule has 0 radical (unpaired) electrons. The van der Waals surface area contributed by atoms with Crippen LogP contribution in [0.3, 0.4) is 0 Å².